The number of halogens is 1. The molecule has 14 heteroatoms. The van der Waals surface area contributed by atoms with Gasteiger partial charge in [-0.2, -0.15) is 0 Å². The molecule has 10 nitrogen and oxygen atoms in total. The number of fused-ring (bicyclic) bond motifs is 1. The molecule has 4 N–H and O–H groups in total. The van der Waals surface area contributed by atoms with Gasteiger partial charge in [0.2, 0.25) is 6.17 Å². The van der Waals surface area contributed by atoms with Crippen LogP contribution >= 0.6 is 46.5 Å². The van der Waals surface area contributed by atoms with Crippen LogP contribution in [-0.4, -0.2) is 93.8 Å². The Morgan fingerprint density at radius 2 is 2.10 bits per heavy atom. The largest absolute Gasteiger partial charge is 0.481 e. The molecule has 0 radical (unpaired) electrons. The van der Waals surface area contributed by atoms with Gasteiger partial charge in [0.05, 0.1) is 28.0 Å². The summed E-state index contributed by atoms with van der Waals surface area (Å²) < 4.78 is 5.55. The average Bonchev–Trinajstić information content (AvgIpc) is 3.65. The zero-order chi connectivity index (χ0) is 28.6. The Labute approximate surface area is 251 Å². The minimum Gasteiger partial charge on any atom is -0.481 e. The first-order chi connectivity index (χ1) is 19.1. The van der Waals surface area contributed by atoms with Crippen LogP contribution < -0.4 is 10.6 Å². The van der Waals surface area contributed by atoms with Crippen LogP contribution in [0.3, 0.4) is 0 Å². The Hall–Kier alpha value is -2.29. The second-order valence-electron chi connectivity index (χ2n) is 10.8. The Morgan fingerprint density at radius 3 is 2.75 bits per heavy atom. The molecule has 0 saturated carbocycles. The number of aliphatic carboxylic acids is 1. The highest BCUT2D eigenvalue weighted by atomic mass is 35.5. The SMILES string of the molecule is CCOC(=O)C1=C(CN2CCN3C(=S)N(CC(C)(C)C(=O)O)CC3C2)NC(c2nccs2)[NH2+]C1c1sccc1Cl. The molecule has 2 aromatic rings. The number of nitrogens with two attached hydrogens (primary N) is 1. The highest BCUT2D eigenvalue weighted by Crippen LogP contribution is 2.35. The number of thiazole rings is 1. The minimum atomic E-state index is -0.900. The zero-order valence-corrected chi connectivity index (χ0v) is 25.8. The Morgan fingerprint density at radius 1 is 1.30 bits per heavy atom. The van der Waals surface area contributed by atoms with Crippen LogP contribution in [0.15, 0.2) is 34.3 Å². The van der Waals surface area contributed by atoms with E-state index in [1.807, 2.05) is 28.7 Å². The Kier molecular flexibility index (Phi) is 8.69. The lowest BCUT2D eigenvalue weighted by Gasteiger charge is -2.39. The first kappa shape index (κ1) is 29.2. The summed E-state index contributed by atoms with van der Waals surface area (Å²) in [7, 11) is 0. The molecule has 0 bridgehead atoms. The van der Waals surface area contributed by atoms with Gasteiger partial charge in [0.15, 0.2) is 16.2 Å². The van der Waals surface area contributed by atoms with Crippen molar-refractivity contribution in [2.45, 2.75) is 39.0 Å². The molecule has 5 heterocycles. The number of carboxylic acids is 1. The molecule has 3 unspecified atom stereocenters. The molecular formula is C26H34ClN6O4S3+. The number of nitrogens with one attached hydrogen (secondary N) is 1. The van der Waals surface area contributed by atoms with E-state index in [4.69, 9.17) is 28.6 Å². The van der Waals surface area contributed by atoms with Crippen molar-refractivity contribution in [3.05, 3.63) is 49.2 Å². The van der Waals surface area contributed by atoms with Crippen molar-refractivity contribution in [3.63, 3.8) is 0 Å². The third-order valence-electron chi connectivity index (χ3n) is 7.55. The van der Waals surface area contributed by atoms with Crippen molar-refractivity contribution in [2.24, 2.45) is 5.41 Å². The summed E-state index contributed by atoms with van der Waals surface area (Å²) in [5.41, 5.74) is 0.491. The Balaban J connectivity index is 1.41. The van der Waals surface area contributed by atoms with Crippen molar-refractivity contribution in [1.82, 2.24) is 25.0 Å². The van der Waals surface area contributed by atoms with E-state index >= 15 is 0 Å². The number of piperazine rings is 1. The number of rotatable bonds is 9. The predicted octanol–water partition coefficient (Wildman–Crippen LogP) is 2.28. The number of carbonyl (C=O) groups excluding carboxylic acids is 1. The van der Waals surface area contributed by atoms with Crippen LogP contribution in [0.2, 0.25) is 5.02 Å². The summed E-state index contributed by atoms with van der Waals surface area (Å²) in [6.07, 6.45) is 1.61. The number of carboxylic acid groups (broad SMARTS) is 1. The van der Waals surface area contributed by atoms with Gasteiger partial charge in [0.25, 0.3) is 0 Å². The maximum absolute atomic E-state index is 13.4. The molecule has 0 aromatic carbocycles. The monoisotopic (exact) mass is 625 g/mol. The number of ether oxygens (including phenoxy) is 1. The lowest BCUT2D eigenvalue weighted by atomic mass is 9.93. The lowest BCUT2D eigenvalue weighted by molar-refractivity contribution is -0.733. The van der Waals surface area contributed by atoms with Gasteiger partial charge in [-0.3, -0.25) is 9.69 Å². The molecule has 0 aliphatic carbocycles. The van der Waals surface area contributed by atoms with Crippen LogP contribution in [0.1, 0.15) is 42.9 Å². The van der Waals surface area contributed by atoms with Crippen LogP contribution in [0.4, 0.5) is 0 Å². The van der Waals surface area contributed by atoms with Crippen molar-refractivity contribution < 1.29 is 24.7 Å². The summed E-state index contributed by atoms with van der Waals surface area (Å²) in [4.78, 5) is 37.2. The molecular weight excluding hydrogens is 592 g/mol. The summed E-state index contributed by atoms with van der Waals surface area (Å²) >= 11 is 15.4. The number of esters is 1. The van der Waals surface area contributed by atoms with E-state index in [-0.39, 0.29) is 30.8 Å². The third kappa shape index (κ3) is 5.86. The zero-order valence-electron chi connectivity index (χ0n) is 22.6. The van der Waals surface area contributed by atoms with Gasteiger partial charge in [-0.25, -0.2) is 9.78 Å². The predicted molar refractivity (Wildman–Crippen MR) is 158 cm³/mol. The van der Waals surface area contributed by atoms with E-state index < -0.39 is 11.4 Å². The van der Waals surface area contributed by atoms with Crippen molar-refractivity contribution >= 4 is 63.5 Å². The molecule has 2 saturated heterocycles. The van der Waals surface area contributed by atoms with E-state index in [1.165, 1.54) is 11.3 Å². The fourth-order valence-electron chi connectivity index (χ4n) is 5.54. The van der Waals surface area contributed by atoms with Gasteiger partial charge >= 0.3 is 11.9 Å². The first-order valence-corrected chi connectivity index (χ1v) is 15.8. The van der Waals surface area contributed by atoms with Gasteiger partial charge in [-0.15, -0.1) is 22.7 Å². The van der Waals surface area contributed by atoms with Gasteiger partial charge in [0, 0.05) is 56.5 Å². The molecule has 3 atom stereocenters. The summed E-state index contributed by atoms with van der Waals surface area (Å²) in [5.74, 6) is -1.19. The van der Waals surface area contributed by atoms with Gasteiger partial charge < -0.3 is 30.3 Å². The number of carbonyl (C=O) groups is 2. The molecule has 40 heavy (non-hydrogen) atoms. The van der Waals surface area contributed by atoms with Crippen LogP contribution in [-0.2, 0) is 14.3 Å². The molecule has 2 aromatic heterocycles. The average molecular weight is 626 g/mol. The number of nitrogens with zero attached hydrogens (tertiary/aromatic N) is 4. The molecule has 3 aliphatic rings. The topological polar surface area (TPSA) is 115 Å². The fraction of sp³-hybridized carbons (Fsp3) is 0.538. The number of hydrogen-bond acceptors (Lipinski definition) is 9. The van der Waals surface area contributed by atoms with Crippen LogP contribution in [0, 0.1) is 5.41 Å². The van der Waals surface area contributed by atoms with Gasteiger partial charge in [-0.05, 0) is 44.4 Å². The minimum absolute atomic E-state index is 0.143. The number of quaternary nitrogens is 1. The maximum atomic E-state index is 13.4. The number of hydrogen-bond donors (Lipinski definition) is 3. The fourth-order valence-corrected chi connectivity index (χ4v) is 7.85. The molecule has 216 valence electrons. The number of thiocarbonyl (C=S) groups is 1. The quantitative estimate of drug-likeness (QED) is 0.283. The molecule has 2 fully saturated rings. The number of aromatic nitrogens is 1. The summed E-state index contributed by atoms with van der Waals surface area (Å²) in [5, 5.41) is 21.5. The van der Waals surface area contributed by atoms with E-state index in [2.05, 4.69) is 25.4 Å². The van der Waals surface area contributed by atoms with Crippen LogP contribution in [0.25, 0.3) is 0 Å². The van der Waals surface area contributed by atoms with E-state index in [9.17, 15) is 14.7 Å². The van der Waals surface area contributed by atoms with Gasteiger partial charge in [-0.1, -0.05) is 11.6 Å². The smallest absolute Gasteiger partial charge is 0.342 e. The third-order valence-corrected chi connectivity index (χ3v) is 10.3. The van der Waals surface area contributed by atoms with Crippen molar-refractivity contribution in [1.29, 1.82) is 0 Å². The molecule has 0 amide bonds. The standard InChI is InChI=1S/C26H33ClN6O4S3/c1-4-37-23(34)18-17(29-21(22-28-6-10-40-22)30-19(18)20-16(27)5-9-39-20)13-31-7-8-33-15(11-31)12-32(25(33)38)14-26(2,3)24(35)36/h5-6,9-10,15,19,21,29-30H,4,7-8,11-14H2,1-3H3,(H,35,36)/p+1. The van der Waals surface area contributed by atoms with E-state index in [1.54, 1.807) is 31.4 Å². The molecule has 3 aliphatic heterocycles. The lowest BCUT2D eigenvalue weighted by Crippen LogP contribution is -2.91. The van der Waals surface area contributed by atoms with Crippen LogP contribution in [0.5, 0.6) is 0 Å². The molecule has 5 rings (SSSR count). The summed E-state index contributed by atoms with van der Waals surface area (Å²) in [6, 6.07) is 1.67. The highest BCUT2D eigenvalue weighted by molar-refractivity contribution is 7.80. The number of thiophene rings is 1. The highest BCUT2D eigenvalue weighted by Gasteiger charge is 2.44. The first-order valence-electron chi connectivity index (χ1n) is 13.2. The summed E-state index contributed by atoms with van der Waals surface area (Å²) in [6.45, 7) is 9.33. The normalized spacial score (nSPS) is 23.8. The second kappa shape index (κ2) is 11.9. The maximum Gasteiger partial charge on any atom is 0.342 e. The van der Waals surface area contributed by atoms with E-state index in [0.717, 1.165) is 35.2 Å². The molecule has 0 spiro atoms. The van der Waals surface area contributed by atoms with Crippen molar-refractivity contribution in [3.8, 4) is 0 Å². The van der Waals surface area contributed by atoms with Crippen molar-refractivity contribution in [2.75, 3.05) is 45.9 Å². The Bertz CT molecular complexity index is 1300. The van der Waals surface area contributed by atoms with Gasteiger partial charge in [0.1, 0.15) is 5.57 Å². The second-order valence-corrected chi connectivity index (χ2v) is 13.5. The van der Waals surface area contributed by atoms with E-state index in [0.29, 0.717) is 35.3 Å².